The van der Waals surface area contributed by atoms with Crippen LogP contribution in [0.5, 0.6) is 0 Å². The van der Waals surface area contributed by atoms with Crippen molar-refractivity contribution in [3.63, 3.8) is 0 Å². The summed E-state index contributed by atoms with van der Waals surface area (Å²) in [5, 5.41) is 9.69. The minimum Gasteiger partial charge on any atom is -0.396 e. The summed E-state index contributed by atoms with van der Waals surface area (Å²) in [4.78, 5) is 2.56. The Kier molecular flexibility index (Phi) is 3.33. The molecule has 2 aliphatic rings. The fourth-order valence-electron chi connectivity index (χ4n) is 3.01. The van der Waals surface area contributed by atoms with Gasteiger partial charge in [0.1, 0.15) is 0 Å². The Bertz CT molecular complexity index is 232. The van der Waals surface area contributed by atoms with Crippen molar-refractivity contribution in [2.24, 2.45) is 11.3 Å². The standard InChI is InChI=1S/C14H27NO/c1-13(2,3)15-8-6-14(11-16,7-9-15)10-12-4-5-12/h12,16H,4-11H2,1-3H3. The maximum Gasteiger partial charge on any atom is 0.0488 e. The average molecular weight is 225 g/mol. The van der Waals surface area contributed by atoms with Crippen molar-refractivity contribution >= 4 is 0 Å². The van der Waals surface area contributed by atoms with Crippen LogP contribution in [0.3, 0.4) is 0 Å². The van der Waals surface area contributed by atoms with Gasteiger partial charge in [-0.2, -0.15) is 0 Å². The molecule has 0 radical (unpaired) electrons. The van der Waals surface area contributed by atoms with Crippen LogP contribution < -0.4 is 0 Å². The number of likely N-dealkylation sites (tertiary alicyclic amines) is 1. The first-order valence-corrected chi connectivity index (χ1v) is 6.81. The Balaban J connectivity index is 1.90. The minimum absolute atomic E-state index is 0.267. The molecule has 2 heteroatoms. The predicted octanol–water partition coefficient (Wildman–Crippen LogP) is 2.66. The largest absolute Gasteiger partial charge is 0.396 e. The Morgan fingerprint density at radius 3 is 2.12 bits per heavy atom. The zero-order valence-corrected chi connectivity index (χ0v) is 11.1. The lowest BCUT2D eigenvalue weighted by atomic mass is 9.74. The zero-order chi connectivity index (χ0) is 11.8. The second-order valence-corrected chi connectivity index (χ2v) is 6.96. The van der Waals surface area contributed by atoms with Crippen LogP contribution in [0.1, 0.15) is 52.9 Å². The third-order valence-electron chi connectivity index (χ3n) is 4.53. The smallest absolute Gasteiger partial charge is 0.0488 e. The molecule has 0 atom stereocenters. The first kappa shape index (κ1) is 12.4. The Labute approximate surface area is 100 Å². The quantitative estimate of drug-likeness (QED) is 0.798. The van der Waals surface area contributed by atoms with Gasteiger partial charge in [0.05, 0.1) is 0 Å². The van der Waals surface area contributed by atoms with E-state index in [1.807, 2.05) is 0 Å². The Morgan fingerprint density at radius 2 is 1.75 bits per heavy atom. The molecule has 0 aromatic rings. The van der Waals surface area contributed by atoms with Crippen molar-refractivity contribution in [2.45, 2.75) is 58.4 Å². The summed E-state index contributed by atoms with van der Waals surface area (Å²) in [6, 6.07) is 0. The molecule has 16 heavy (non-hydrogen) atoms. The SMILES string of the molecule is CC(C)(C)N1CCC(CO)(CC2CC2)CC1. The predicted molar refractivity (Wildman–Crippen MR) is 67.4 cm³/mol. The average Bonchev–Trinajstić information content (AvgIpc) is 3.01. The summed E-state index contributed by atoms with van der Waals surface area (Å²) >= 11 is 0. The lowest BCUT2D eigenvalue weighted by Crippen LogP contribution is -2.50. The third kappa shape index (κ3) is 2.78. The lowest BCUT2D eigenvalue weighted by molar-refractivity contribution is 0.000844. The molecule has 2 fully saturated rings. The van der Waals surface area contributed by atoms with E-state index in [0.29, 0.717) is 12.1 Å². The van der Waals surface area contributed by atoms with Crippen LogP contribution in [-0.4, -0.2) is 35.2 Å². The summed E-state index contributed by atoms with van der Waals surface area (Å²) in [6.45, 7) is 9.61. The van der Waals surface area contributed by atoms with E-state index < -0.39 is 0 Å². The van der Waals surface area contributed by atoms with E-state index in [0.717, 1.165) is 19.0 Å². The first-order valence-electron chi connectivity index (χ1n) is 6.81. The molecule has 2 rings (SSSR count). The normalized spacial score (nSPS) is 27.0. The van der Waals surface area contributed by atoms with Crippen LogP contribution in [0.25, 0.3) is 0 Å². The molecular formula is C14H27NO. The summed E-state index contributed by atoms with van der Waals surface area (Å²) in [5.74, 6) is 0.938. The second kappa shape index (κ2) is 4.30. The van der Waals surface area contributed by atoms with Gasteiger partial charge >= 0.3 is 0 Å². The monoisotopic (exact) mass is 225 g/mol. The minimum atomic E-state index is 0.267. The molecule has 0 unspecified atom stereocenters. The van der Waals surface area contributed by atoms with Crippen LogP contribution in [-0.2, 0) is 0 Å². The zero-order valence-electron chi connectivity index (χ0n) is 11.1. The lowest BCUT2D eigenvalue weighted by Gasteiger charge is -2.46. The maximum atomic E-state index is 9.69. The topological polar surface area (TPSA) is 23.5 Å². The highest BCUT2D eigenvalue weighted by molar-refractivity contribution is 4.93. The van der Waals surface area contributed by atoms with Gasteiger partial charge in [0, 0.05) is 12.1 Å². The van der Waals surface area contributed by atoms with E-state index in [4.69, 9.17) is 0 Å². The molecule has 1 aliphatic heterocycles. The number of hydrogen-bond acceptors (Lipinski definition) is 2. The van der Waals surface area contributed by atoms with Crippen molar-refractivity contribution in [1.29, 1.82) is 0 Å². The Morgan fingerprint density at radius 1 is 1.19 bits per heavy atom. The summed E-state index contributed by atoms with van der Waals surface area (Å²) in [5.41, 5.74) is 0.560. The molecule has 1 heterocycles. The molecule has 94 valence electrons. The van der Waals surface area contributed by atoms with Gasteiger partial charge in [0.15, 0.2) is 0 Å². The van der Waals surface area contributed by atoms with Gasteiger partial charge in [-0.1, -0.05) is 12.8 Å². The maximum absolute atomic E-state index is 9.69. The molecule has 0 bridgehead atoms. The number of piperidine rings is 1. The van der Waals surface area contributed by atoms with Gasteiger partial charge in [-0.05, 0) is 64.5 Å². The summed E-state index contributed by atoms with van der Waals surface area (Å²) in [6.07, 6.45) is 6.48. The molecule has 2 nitrogen and oxygen atoms in total. The van der Waals surface area contributed by atoms with Gasteiger partial charge < -0.3 is 5.11 Å². The Hall–Kier alpha value is -0.0800. The second-order valence-electron chi connectivity index (χ2n) is 6.96. The van der Waals surface area contributed by atoms with Crippen molar-refractivity contribution in [2.75, 3.05) is 19.7 Å². The van der Waals surface area contributed by atoms with Crippen LogP contribution >= 0.6 is 0 Å². The van der Waals surface area contributed by atoms with E-state index in [2.05, 4.69) is 25.7 Å². The molecule has 1 aliphatic carbocycles. The fourth-order valence-corrected chi connectivity index (χ4v) is 3.01. The van der Waals surface area contributed by atoms with Crippen molar-refractivity contribution < 1.29 is 5.11 Å². The summed E-state index contributed by atoms with van der Waals surface area (Å²) < 4.78 is 0. The van der Waals surface area contributed by atoms with E-state index >= 15 is 0 Å². The highest BCUT2D eigenvalue weighted by Crippen LogP contribution is 2.45. The van der Waals surface area contributed by atoms with Crippen LogP contribution in [0.4, 0.5) is 0 Å². The molecule has 1 N–H and O–H groups in total. The fraction of sp³-hybridized carbons (Fsp3) is 1.00. The highest BCUT2D eigenvalue weighted by Gasteiger charge is 2.40. The molecule has 1 saturated heterocycles. The molecule has 0 amide bonds. The van der Waals surface area contributed by atoms with E-state index in [1.165, 1.54) is 32.1 Å². The van der Waals surface area contributed by atoms with Crippen molar-refractivity contribution in [3.05, 3.63) is 0 Å². The molecule has 0 aromatic carbocycles. The number of aliphatic hydroxyl groups is 1. The summed E-state index contributed by atoms with van der Waals surface area (Å²) in [7, 11) is 0. The molecule has 0 aromatic heterocycles. The first-order chi connectivity index (χ1) is 7.45. The number of nitrogens with zero attached hydrogens (tertiary/aromatic N) is 1. The molecule has 0 spiro atoms. The third-order valence-corrected chi connectivity index (χ3v) is 4.53. The van der Waals surface area contributed by atoms with Gasteiger partial charge in [-0.15, -0.1) is 0 Å². The number of hydrogen-bond donors (Lipinski definition) is 1. The molecular weight excluding hydrogens is 198 g/mol. The van der Waals surface area contributed by atoms with Crippen LogP contribution in [0, 0.1) is 11.3 Å². The van der Waals surface area contributed by atoms with Crippen molar-refractivity contribution in [3.8, 4) is 0 Å². The van der Waals surface area contributed by atoms with Gasteiger partial charge in [-0.3, -0.25) is 4.90 Å². The van der Waals surface area contributed by atoms with Gasteiger partial charge in [0.25, 0.3) is 0 Å². The van der Waals surface area contributed by atoms with E-state index in [1.54, 1.807) is 0 Å². The molecule has 1 saturated carbocycles. The van der Waals surface area contributed by atoms with E-state index in [-0.39, 0.29) is 5.41 Å². The van der Waals surface area contributed by atoms with Gasteiger partial charge in [0.2, 0.25) is 0 Å². The van der Waals surface area contributed by atoms with Crippen molar-refractivity contribution in [1.82, 2.24) is 4.90 Å². The van der Waals surface area contributed by atoms with Crippen LogP contribution in [0.15, 0.2) is 0 Å². The highest BCUT2D eigenvalue weighted by atomic mass is 16.3. The number of rotatable bonds is 3. The number of aliphatic hydroxyl groups excluding tert-OH is 1. The van der Waals surface area contributed by atoms with Crippen LogP contribution in [0.2, 0.25) is 0 Å². The van der Waals surface area contributed by atoms with Gasteiger partial charge in [-0.25, -0.2) is 0 Å². The van der Waals surface area contributed by atoms with E-state index in [9.17, 15) is 5.11 Å².